The largest absolute Gasteiger partial charge is 0.493 e. The van der Waals surface area contributed by atoms with Crippen molar-refractivity contribution in [1.29, 1.82) is 0 Å². The summed E-state index contributed by atoms with van der Waals surface area (Å²) in [6.45, 7) is 3.59. The summed E-state index contributed by atoms with van der Waals surface area (Å²) in [6.07, 6.45) is 0.633. The Kier molecular flexibility index (Phi) is 7.57. The lowest BCUT2D eigenvalue weighted by Crippen LogP contribution is -2.41. The van der Waals surface area contributed by atoms with E-state index in [1.165, 1.54) is 6.92 Å². The van der Waals surface area contributed by atoms with Gasteiger partial charge in [-0.25, -0.2) is 0 Å². The van der Waals surface area contributed by atoms with Crippen LogP contribution in [-0.4, -0.2) is 51.8 Å². The zero-order valence-corrected chi connectivity index (χ0v) is 21.9. The molecule has 1 amide bonds. The molecule has 0 saturated carbocycles. The van der Waals surface area contributed by atoms with Crippen molar-refractivity contribution in [2.24, 2.45) is 0 Å². The molecule has 0 radical (unpaired) electrons. The van der Waals surface area contributed by atoms with Gasteiger partial charge in [0.05, 0.1) is 34.5 Å². The highest BCUT2D eigenvalue weighted by atomic mass is 16.5. The second kappa shape index (κ2) is 10.8. The summed E-state index contributed by atoms with van der Waals surface area (Å²) in [7, 11) is 6.36. The average Bonchev–Trinajstić information content (AvgIpc) is 2.91. The number of hydrogen-bond acceptors (Lipinski definition) is 7. The summed E-state index contributed by atoms with van der Waals surface area (Å²) in [5.41, 5.74) is 3.91. The molecule has 194 valence electrons. The Morgan fingerprint density at radius 2 is 1.46 bits per heavy atom. The zero-order valence-electron chi connectivity index (χ0n) is 21.9. The van der Waals surface area contributed by atoms with Crippen molar-refractivity contribution in [3.63, 3.8) is 0 Å². The maximum atomic E-state index is 14.1. The Morgan fingerprint density at radius 3 is 2.11 bits per heavy atom. The van der Waals surface area contributed by atoms with Gasteiger partial charge in [0.2, 0.25) is 0 Å². The highest BCUT2D eigenvalue weighted by Crippen LogP contribution is 2.43. The number of carbonyl (C=O) groups is 2. The van der Waals surface area contributed by atoms with Gasteiger partial charge in [0, 0.05) is 24.6 Å². The molecule has 0 spiro atoms. The zero-order chi connectivity index (χ0) is 26.7. The Labute approximate surface area is 216 Å². The first-order chi connectivity index (χ1) is 17.8. The fraction of sp³-hybridized carbons (Fsp3) is 0.310. The van der Waals surface area contributed by atoms with E-state index in [-0.39, 0.29) is 5.91 Å². The van der Waals surface area contributed by atoms with Crippen molar-refractivity contribution >= 4 is 11.9 Å². The Hall–Kier alpha value is -4.20. The van der Waals surface area contributed by atoms with Gasteiger partial charge < -0.3 is 28.6 Å². The molecule has 8 heteroatoms. The molecule has 1 atom stereocenters. The molecule has 1 heterocycles. The summed E-state index contributed by atoms with van der Waals surface area (Å²) < 4.78 is 27.5. The van der Waals surface area contributed by atoms with Crippen LogP contribution in [0.25, 0.3) is 0 Å². The summed E-state index contributed by atoms with van der Waals surface area (Å²) in [5.74, 6) is 2.12. The minimum atomic E-state index is -0.441. The molecule has 3 aromatic rings. The third kappa shape index (κ3) is 4.91. The molecule has 0 unspecified atom stereocenters. The topological polar surface area (TPSA) is 83.5 Å². The van der Waals surface area contributed by atoms with E-state index in [0.29, 0.717) is 52.8 Å². The molecule has 8 nitrogen and oxygen atoms in total. The van der Waals surface area contributed by atoms with Crippen LogP contribution in [0.3, 0.4) is 0 Å². The van der Waals surface area contributed by atoms with Crippen LogP contribution < -0.4 is 23.7 Å². The molecule has 0 bridgehead atoms. The van der Waals surface area contributed by atoms with Crippen LogP contribution in [0, 0.1) is 6.92 Å². The van der Waals surface area contributed by atoms with Crippen LogP contribution in [0.2, 0.25) is 0 Å². The predicted octanol–water partition coefficient (Wildman–Crippen LogP) is 4.74. The van der Waals surface area contributed by atoms with Crippen LogP contribution >= 0.6 is 0 Å². The van der Waals surface area contributed by atoms with Crippen molar-refractivity contribution in [3.8, 4) is 28.7 Å². The third-order valence-corrected chi connectivity index (χ3v) is 6.63. The molecule has 0 aliphatic carbocycles. The normalized spacial score (nSPS) is 14.4. The second-order valence-corrected chi connectivity index (χ2v) is 8.69. The number of fused-ring (bicyclic) bond motifs is 1. The number of hydrogen-bond donors (Lipinski definition) is 0. The van der Waals surface area contributed by atoms with Gasteiger partial charge in [-0.2, -0.15) is 0 Å². The van der Waals surface area contributed by atoms with Crippen molar-refractivity contribution in [1.82, 2.24) is 4.90 Å². The molecule has 37 heavy (non-hydrogen) atoms. The predicted molar refractivity (Wildman–Crippen MR) is 138 cm³/mol. The fourth-order valence-corrected chi connectivity index (χ4v) is 4.81. The molecule has 1 aliphatic heterocycles. The molecular formula is C29H31NO7. The van der Waals surface area contributed by atoms with Crippen LogP contribution in [0.4, 0.5) is 0 Å². The average molecular weight is 506 g/mol. The van der Waals surface area contributed by atoms with Gasteiger partial charge in [-0.3, -0.25) is 9.59 Å². The first kappa shape index (κ1) is 25.9. The van der Waals surface area contributed by atoms with E-state index in [1.54, 1.807) is 53.6 Å². The van der Waals surface area contributed by atoms with E-state index in [1.807, 2.05) is 35.2 Å². The number of carbonyl (C=O) groups excluding carboxylic acids is 2. The SMILES string of the molecule is COc1ccc([C@H]2c3cc(OC)c(OC)cc3CCN2C(=O)c2cccc(OC(C)=O)c2C)cc1OC. The molecule has 0 aromatic heterocycles. The minimum absolute atomic E-state index is 0.174. The fourth-order valence-electron chi connectivity index (χ4n) is 4.81. The van der Waals surface area contributed by atoms with E-state index >= 15 is 0 Å². The molecule has 0 N–H and O–H groups in total. The minimum Gasteiger partial charge on any atom is -0.493 e. The van der Waals surface area contributed by atoms with Gasteiger partial charge in [0.25, 0.3) is 5.91 Å². The van der Waals surface area contributed by atoms with E-state index in [2.05, 4.69) is 0 Å². The molecule has 1 aliphatic rings. The number of ether oxygens (including phenoxy) is 5. The molecule has 4 rings (SSSR count). The first-order valence-corrected chi connectivity index (χ1v) is 11.9. The van der Waals surface area contributed by atoms with E-state index in [0.717, 1.165) is 16.7 Å². The van der Waals surface area contributed by atoms with E-state index in [4.69, 9.17) is 23.7 Å². The number of methoxy groups -OCH3 is 4. The van der Waals surface area contributed by atoms with Crippen molar-refractivity contribution in [2.75, 3.05) is 35.0 Å². The van der Waals surface area contributed by atoms with Crippen molar-refractivity contribution in [2.45, 2.75) is 26.3 Å². The van der Waals surface area contributed by atoms with Crippen LogP contribution in [0.15, 0.2) is 48.5 Å². The molecule has 3 aromatic carbocycles. The van der Waals surface area contributed by atoms with Crippen LogP contribution in [0.1, 0.15) is 45.6 Å². The van der Waals surface area contributed by atoms with Crippen LogP contribution in [0.5, 0.6) is 28.7 Å². The summed E-state index contributed by atoms with van der Waals surface area (Å²) in [6, 6.07) is 14.3. The number of rotatable bonds is 7. The van der Waals surface area contributed by atoms with Gasteiger partial charge in [0.15, 0.2) is 23.0 Å². The highest BCUT2D eigenvalue weighted by Gasteiger charge is 2.35. The number of nitrogens with zero attached hydrogens (tertiary/aromatic N) is 1. The van der Waals surface area contributed by atoms with Gasteiger partial charge in [-0.1, -0.05) is 12.1 Å². The molecule has 0 fully saturated rings. The lowest BCUT2D eigenvalue weighted by molar-refractivity contribution is -0.131. The smallest absolute Gasteiger partial charge is 0.308 e. The van der Waals surface area contributed by atoms with E-state index in [9.17, 15) is 9.59 Å². The third-order valence-electron chi connectivity index (χ3n) is 6.63. The maximum Gasteiger partial charge on any atom is 0.308 e. The van der Waals surface area contributed by atoms with Gasteiger partial charge in [-0.05, 0) is 66.4 Å². The van der Waals surface area contributed by atoms with Gasteiger partial charge in [0.1, 0.15) is 5.75 Å². The summed E-state index contributed by atoms with van der Waals surface area (Å²) >= 11 is 0. The Morgan fingerprint density at radius 1 is 0.811 bits per heavy atom. The monoisotopic (exact) mass is 505 g/mol. The van der Waals surface area contributed by atoms with Gasteiger partial charge >= 0.3 is 5.97 Å². The van der Waals surface area contributed by atoms with E-state index < -0.39 is 12.0 Å². The Bertz CT molecular complexity index is 1330. The standard InChI is InChI=1S/C29H31NO7/c1-17-21(8-7-9-23(17)37-18(2)31)29(32)30-13-12-19-14-26(35-5)27(36-6)16-22(19)28(30)20-10-11-24(33-3)25(15-20)34-4/h7-11,14-16,28H,12-13H2,1-6H3/t28-/m0/s1. The second-order valence-electron chi connectivity index (χ2n) is 8.69. The summed E-state index contributed by atoms with van der Waals surface area (Å²) in [4.78, 5) is 27.5. The first-order valence-electron chi connectivity index (χ1n) is 11.9. The highest BCUT2D eigenvalue weighted by molar-refractivity contribution is 5.97. The Balaban J connectivity index is 1.88. The number of amides is 1. The number of benzene rings is 3. The van der Waals surface area contributed by atoms with Gasteiger partial charge in [-0.15, -0.1) is 0 Å². The molecule has 0 saturated heterocycles. The summed E-state index contributed by atoms with van der Waals surface area (Å²) in [5, 5.41) is 0. The van der Waals surface area contributed by atoms with Crippen LogP contribution in [-0.2, 0) is 11.2 Å². The lowest BCUT2D eigenvalue weighted by atomic mass is 9.86. The number of esters is 1. The molecular weight excluding hydrogens is 474 g/mol. The van der Waals surface area contributed by atoms with Crippen molar-refractivity contribution < 1.29 is 33.3 Å². The van der Waals surface area contributed by atoms with Crippen molar-refractivity contribution in [3.05, 3.63) is 76.3 Å². The maximum absolute atomic E-state index is 14.1. The quantitative estimate of drug-likeness (QED) is 0.339. The lowest BCUT2D eigenvalue weighted by Gasteiger charge is -2.38.